The summed E-state index contributed by atoms with van der Waals surface area (Å²) in [5.41, 5.74) is 1.32. The van der Waals surface area contributed by atoms with Gasteiger partial charge in [-0.3, -0.25) is 19.3 Å². The molecule has 1 unspecified atom stereocenters. The average Bonchev–Trinajstić information content (AvgIpc) is 3.00. The van der Waals surface area contributed by atoms with Gasteiger partial charge in [-0.1, -0.05) is 12.2 Å². The van der Waals surface area contributed by atoms with E-state index in [0.29, 0.717) is 13.0 Å². The summed E-state index contributed by atoms with van der Waals surface area (Å²) in [5.74, 6) is 0.262. The molecule has 0 aliphatic carbocycles. The van der Waals surface area contributed by atoms with Gasteiger partial charge in [0.2, 0.25) is 5.91 Å². The first-order valence-corrected chi connectivity index (χ1v) is 9.51. The Labute approximate surface area is 156 Å². The van der Waals surface area contributed by atoms with E-state index in [-0.39, 0.29) is 11.4 Å². The van der Waals surface area contributed by atoms with Crippen LogP contribution in [-0.2, 0) is 17.9 Å². The van der Waals surface area contributed by atoms with Gasteiger partial charge in [0.15, 0.2) is 0 Å². The molecule has 6 nitrogen and oxygen atoms in total. The van der Waals surface area contributed by atoms with Crippen LogP contribution in [0.3, 0.4) is 0 Å². The third kappa shape index (κ3) is 4.07. The number of likely N-dealkylation sites (N-methyl/N-ethyl adjacent to an activating group) is 1. The normalized spacial score (nSPS) is 25.4. The first-order chi connectivity index (χ1) is 12.6. The van der Waals surface area contributed by atoms with E-state index in [2.05, 4.69) is 41.3 Å². The molecular weight excluding hydrogens is 326 g/mol. The first kappa shape index (κ1) is 18.9. The van der Waals surface area contributed by atoms with Crippen molar-refractivity contribution in [3.8, 4) is 0 Å². The van der Waals surface area contributed by atoms with Crippen molar-refractivity contribution in [2.24, 2.45) is 0 Å². The van der Waals surface area contributed by atoms with E-state index in [1.54, 1.807) is 0 Å². The number of amides is 1. The molecule has 26 heavy (non-hydrogen) atoms. The second kappa shape index (κ2) is 8.18. The zero-order valence-corrected chi connectivity index (χ0v) is 15.9. The van der Waals surface area contributed by atoms with Gasteiger partial charge >= 0.3 is 0 Å². The summed E-state index contributed by atoms with van der Waals surface area (Å²) >= 11 is 0. The fraction of sp³-hybridized carbons (Fsp3) is 0.600. The molecule has 0 radical (unpaired) electrons. The van der Waals surface area contributed by atoms with Crippen LogP contribution in [0.15, 0.2) is 37.7 Å². The van der Waals surface area contributed by atoms with Crippen LogP contribution in [-0.4, -0.2) is 75.7 Å². The predicted molar refractivity (Wildman–Crippen MR) is 104 cm³/mol. The molecule has 2 aliphatic rings. The molecule has 3 heterocycles. The number of carbonyl (C=O) groups is 1. The number of hydrogen-bond donors (Lipinski definition) is 0. The summed E-state index contributed by atoms with van der Waals surface area (Å²) in [7, 11) is 2.22. The Morgan fingerprint density at radius 3 is 2.77 bits per heavy atom. The number of likely N-dealkylation sites (tertiary alicyclic amines) is 1. The highest BCUT2D eigenvalue weighted by atomic mass is 16.2. The lowest BCUT2D eigenvalue weighted by Gasteiger charge is -2.49. The Kier molecular flexibility index (Phi) is 5.94. The van der Waals surface area contributed by atoms with Gasteiger partial charge in [-0.2, -0.15) is 5.10 Å². The quantitative estimate of drug-likeness (QED) is 0.728. The summed E-state index contributed by atoms with van der Waals surface area (Å²) in [5, 5.41) is 4.39. The summed E-state index contributed by atoms with van der Waals surface area (Å²) in [6.45, 7) is 13.8. The summed E-state index contributed by atoms with van der Waals surface area (Å²) < 4.78 is 1.92. The van der Waals surface area contributed by atoms with Gasteiger partial charge in [0.25, 0.3) is 0 Å². The van der Waals surface area contributed by atoms with Crippen LogP contribution in [0.5, 0.6) is 0 Å². The lowest BCUT2D eigenvalue weighted by molar-refractivity contribution is -0.130. The molecule has 1 aromatic heterocycles. The zero-order valence-electron chi connectivity index (χ0n) is 15.9. The number of nitrogens with zero attached hydrogens (tertiary/aromatic N) is 5. The molecular formula is C20H31N5O. The summed E-state index contributed by atoms with van der Waals surface area (Å²) in [4.78, 5) is 19.4. The van der Waals surface area contributed by atoms with Crippen LogP contribution in [0.4, 0.5) is 0 Å². The predicted octanol–water partition coefficient (Wildman–Crippen LogP) is 1.75. The third-order valence-electron chi connectivity index (χ3n) is 5.84. The lowest BCUT2D eigenvalue weighted by Crippen LogP contribution is -2.60. The molecule has 1 atom stereocenters. The molecule has 0 bridgehead atoms. The van der Waals surface area contributed by atoms with E-state index in [4.69, 9.17) is 0 Å². The van der Waals surface area contributed by atoms with Crippen LogP contribution in [0.1, 0.15) is 24.8 Å². The Morgan fingerprint density at radius 1 is 1.19 bits per heavy atom. The Bertz CT molecular complexity index is 654. The lowest BCUT2D eigenvalue weighted by atomic mass is 9.86. The number of hydrogen-bond acceptors (Lipinski definition) is 4. The topological polar surface area (TPSA) is 44.6 Å². The highest BCUT2D eigenvalue weighted by molar-refractivity contribution is 5.76. The van der Waals surface area contributed by atoms with Crippen molar-refractivity contribution in [2.45, 2.75) is 37.9 Å². The van der Waals surface area contributed by atoms with Crippen molar-refractivity contribution >= 4 is 5.91 Å². The van der Waals surface area contributed by atoms with Crippen LogP contribution >= 0.6 is 0 Å². The molecule has 1 spiro atoms. The molecule has 0 N–H and O–H groups in total. The minimum atomic E-state index is 0.0843. The minimum absolute atomic E-state index is 0.0843. The van der Waals surface area contributed by atoms with Crippen molar-refractivity contribution in [3.05, 3.63) is 43.3 Å². The number of rotatable bonds is 6. The molecule has 1 aromatic rings. The highest BCUT2D eigenvalue weighted by Gasteiger charge is 2.42. The zero-order chi connectivity index (χ0) is 18.6. The van der Waals surface area contributed by atoms with Gasteiger partial charge in [0.05, 0.1) is 12.7 Å². The van der Waals surface area contributed by atoms with Crippen molar-refractivity contribution < 1.29 is 4.79 Å². The molecule has 6 heteroatoms. The largest absolute Gasteiger partial charge is 0.339 e. The van der Waals surface area contributed by atoms with Crippen LogP contribution in [0.25, 0.3) is 0 Å². The SMILES string of the molecule is C=CCN1CCC2(CCC1=O)CN(Cc1cnn(CC=C)c1)CCN2C. The first-order valence-electron chi connectivity index (χ1n) is 9.51. The molecule has 0 aromatic carbocycles. The fourth-order valence-electron chi connectivity index (χ4n) is 4.24. The second-order valence-corrected chi connectivity index (χ2v) is 7.59. The number of allylic oxidation sites excluding steroid dienone is 1. The van der Waals surface area contributed by atoms with E-state index >= 15 is 0 Å². The minimum Gasteiger partial charge on any atom is -0.339 e. The maximum absolute atomic E-state index is 12.4. The van der Waals surface area contributed by atoms with Crippen molar-refractivity contribution in [1.82, 2.24) is 24.5 Å². The molecule has 2 saturated heterocycles. The molecule has 142 valence electrons. The Balaban J connectivity index is 1.67. The van der Waals surface area contributed by atoms with Crippen molar-refractivity contribution in [3.63, 3.8) is 0 Å². The number of carbonyl (C=O) groups excluding carboxylic acids is 1. The maximum atomic E-state index is 12.4. The number of piperazine rings is 1. The molecule has 2 fully saturated rings. The van der Waals surface area contributed by atoms with Crippen LogP contribution in [0, 0.1) is 0 Å². The average molecular weight is 358 g/mol. The van der Waals surface area contributed by atoms with E-state index < -0.39 is 0 Å². The van der Waals surface area contributed by atoms with Gasteiger partial charge in [0.1, 0.15) is 0 Å². The van der Waals surface area contributed by atoms with E-state index in [9.17, 15) is 4.79 Å². The standard InChI is InChI=1S/C20H31N5O/c1-4-9-24-11-8-20(7-6-19(24)26)17-23(13-12-22(20)3)15-18-14-21-25(16-18)10-5-2/h4-5,14,16H,1-2,6-13,15,17H2,3H3. The van der Waals surface area contributed by atoms with Crippen molar-refractivity contribution in [2.75, 3.05) is 39.8 Å². The van der Waals surface area contributed by atoms with Gasteiger partial charge in [0, 0.05) is 63.0 Å². The van der Waals surface area contributed by atoms with E-state index in [0.717, 1.165) is 52.1 Å². The molecule has 0 saturated carbocycles. The fourth-order valence-corrected chi connectivity index (χ4v) is 4.24. The van der Waals surface area contributed by atoms with E-state index in [1.807, 2.05) is 27.9 Å². The number of aromatic nitrogens is 2. The van der Waals surface area contributed by atoms with Crippen LogP contribution < -0.4 is 0 Å². The maximum Gasteiger partial charge on any atom is 0.222 e. The molecule has 1 amide bonds. The summed E-state index contributed by atoms with van der Waals surface area (Å²) in [6, 6.07) is 0. The Hall–Kier alpha value is -1.92. The van der Waals surface area contributed by atoms with Gasteiger partial charge < -0.3 is 4.90 Å². The molecule has 3 rings (SSSR count). The van der Waals surface area contributed by atoms with Gasteiger partial charge in [-0.05, 0) is 19.9 Å². The smallest absolute Gasteiger partial charge is 0.222 e. The monoisotopic (exact) mass is 357 g/mol. The Morgan fingerprint density at radius 2 is 2.00 bits per heavy atom. The third-order valence-corrected chi connectivity index (χ3v) is 5.84. The summed E-state index contributed by atoms with van der Waals surface area (Å²) in [6.07, 6.45) is 10.3. The molecule has 2 aliphatic heterocycles. The van der Waals surface area contributed by atoms with E-state index in [1.165, 1.54) is 5.56 Å². The van der Waals surface area contributed by atoms with Crippen molar-refractivity contribution in [1.29, 1.82) is 0 Å². The van der Waals surface area contributed by atoms with Gasteiger partial charge in [-0.25, -0.2) is 0 Å². The van der Waals surface area contributed by atoms with Crippen LogP contribution in [0.2, 0.25) is 0 Å². The second-order valence-electron chi connectivity index (χ2n) is 7.59. The van der Waals surface area contributed by atoms with Gasteiger partial charge in [-0.15, -0.1) is 13.2 Å². The highest BCUT2D eigenvalue weighted by Crippen LogP contribution is 2.32.